The van der Waals surface area contributed by atoms with Crippen molar-refractivity contribution in [3.05, 3.63) is 90.7 Å². The van der Waals surface area contributed by atoms with Gasteiger partial charge < -0.3 is 19.0 Å². The second kappa shape index (κ2) is 10.7. The third-order valence-corrected chi connectivity index (χ3v) is 5.83. The van der Waals surface area contributed by atoms with E-state index in [1.165, 1.54) is 6.08 Å². The molecule has 3 aromatic heterocycles. The van der Waals surface area contributed by atoms with Crippen LogP contribution in [0.5, 0.6) is 5.75 Å². The summed E-state index contributed by atoms with van der Waals surface area (Å²) in [7, 11) is 1.59. The number of rotatable bonds is 9. The Bertz CT molecular complexity index is 1590. The number of para-hydroxylation sites is 2. The van der Waals surface area contributed by atoms with E-state index in [2.05, 4.69) is 10.3 Å². The molecule has 1 amide bonds. The number of nitrogens with one attached hydrogen (secondary N) is 1. The van der Waals surface area contributed by atoms with Gasteiger partial charge in [-0.15, -0.1) is 0 Å². The lowest BCUT2D eigenvalue weighted by Gasteiger charge is -2.05. The Kier molecular flexibility index (Phi) is 6.81. The molecule has 0 aliphatic heterocycles. The van der Waals surface area contributed by atoms with Crippen LogP contribution in [-0.4, -0.2) is 38.9 Å². The number of ether oxygens (including phenoxy) is 1. The molecule has 5 aromatic rings. The van der Waals surface area contributed by atoms with Crippen molar-refractivity contribution in [1.82, 2.24) is 24.6 Å². The molecule has 0 aliphatic rings. The maximum atomic E-state index is 12.8. The number of amides is 1. The van der Waals surface area contributed by atoms with Gasteiger partial charge in [-0.3, -0.25) is 4.79 Å². The van der Waals surface area contributed by atoms with Gasteiger partial charge in [-0.1, -0.05) is 30.3 Å². The van der Waals surface area contributed by atoms with E-state index in [0.29, 0.717) is 41.3 Å². The van der Waals surface area contributed by atoms with E-state index in [9.17, 15) is 10.1 Å². The van der Waals surface area contributed by atoms with Crippen molar-refractivity contribution in [3.63, 3.8) is 0 Å². The summed E-state index contributed by atoms with van der Waals surface area (Å²) in [4.78, 5) is 16.8. The minimum absolute atomic E-state index is 0.0230. The van der Waals surface area contributed by atoms with Crippen LogP contribution in [0.25, 0.3) is 34.2 Å². The predicted octanol–water partition coefficient (Wildman–Crippen LogP) is 4.60. The SMILES string of the molecule is COc1cccc2cc(-c3nn(-c4ccccc4)cc3C=C(C#N)C(=O)NCCCn3ccnc3)oc12. The van der Waals surface area contributed by atoms with Gasteiger partial charge in [-0.25, -0.2) is 9.67 Å². The first-order valence-corrected chi connectivity index (χ1v) is 11.7. The number of fused-ring (bicyclic) bond motifs is 1. The van der Waals surface area contributed by atoms with E-state index in [4.69, 9.17) is 14.3 Å². The van der Waals surface area contributed by atoms with Gasteiger partial charge >= 0.3 is 0 Å². The first-order chi connectivity index (χ1) is 18.2. The van der Waals surface area contributed by atoms with Crippen molar-refractivity contribution in [2.24, 2.45) is 0 Å². The standard InChI is InChI=1S/C28H24N6O3/c1-36-24-10-5-7-20-16-25(37-27(20)24)26-22(18-34(32-26)23-8-3-2-4-9-23)15-21(17-29)28(35)31-11-6-13-33-14-12-30-19-33/h2-5,7-10,12,14-16,18-19H,6,11,13H2,1H3,(H,31,35). The van der Waals surface area contributed by atoms with Crippen molar-refractivity contribution in [2.45, 2.75) is 13.0 Å². The fourth-order valence-electron chi connectivity index (χ4n) is 3.99. The van der Waals surface area contributed by atoms with Crippen LogP contribution in [-0.2, 0) is 11.3 Å². The lowest BCUT2D eigenvalue weighted by molar-refractivity contribution is -0.117. The number of aryl methyl sites for hydroxylation is 1. The zero-order valence-electron chi connectivity index (χ0n) is 20.2. The number of methoxy groups -OCH3 is 1. The molecule has 0 radical (unpaired) electrons. The van der Waals surface area contributed by atoms with Gasteiger partial charge in [-0.2, -0.15) is 10.4 Å². The third-order valence-electron chi connectivity index (χ3n) is 5.83. The molecule has 0 saturated heterocycles. The molecule has 9 nitrogen and oxygen atoms in total. The molecule has 2 aromatic carbocycles. The first-order valence-electron chi connectivity index (χ1n) is 11.7. The maximum Gasteiger partial charge on any atom is 0.261 e. The molecule has 0 spiro atoms. The molecular weight excluding hydrogens is 468 g/mol. The van der Waals surface area contributed by atoms with Crippen molar-refractivity contribution in [2.75, 3.05) is 13.7 Å². The molecular formula is C28H24N6O3. The highest BCUT2D eigenvalue weighted by molar-refractivity contribution is 6.02. The van der Waals surface area contributed by atoms with Crippen molar-refractivity contribution < 1.29 is 13.9 Å². The summed E-state index contributed by atoms with van der Waals surface area (Å²) in [6.07, 6.45) is 9.32. The topological polar surface area (TPSA) is 111 Å². The smallest absolute Gasteiger partial charge is 0.261 e. The van der Waals surface area contributed by atoms with E-state index >= 15 is 0 Å². The van der Waals surface area contributed by atoms with E-state index in [-0.39, 0.29) is 5.57 Å². The van der Waals surface area contributed by atoms with Crippen LogP contribution >= 0.6 is 0 Å². The van der Waals surface area contributed by atoms with E-state index < -0.39 is 5.91 Å². The number of carbonyl (C=O) groups excluding carboxylic acids is 1. The van der Waals surface area contributed by atoms with Gasteiger partial charge in [0.25, 0.3) is 5.91 Å². The number of hydrogen-bond acceptors (Lipinski definition) is 6. The van der Waals surface area contributed by atoms with Gasteiger partial charge in [0.2, 0.25) is 0 Å². The lowest BCUT2D eigenvalue weighted by Crippen LogP contribution is -2.26. The Balaban J connectivity index is 1.47. The summed E-state index contributed by atoms with van der Waals surface area (Å²) in [5.41, 5.74) is 2.49. The molecule has 0 atom stereocenters. The Hall–Kier alpha value is -5.10. The number of benzene rings is 2. The van der Waals surface area contributed by atoms with Crippen molar-refractivity contribution in [3.8, 4) is 29.0 Å². The lowest BCUT2D eigenvalue weighted by atomic mass is 10.1. The molecule has 3 heterocycles. The van der Waals surface area contributed by atoms with E-state index in [0.717, 1.165) is 17.6 Å². The molecule has 5 rings (SSSR count). The highest BCUT2D eigenvalue weighted by Crippen LogP contribution is 2.35. The summed E-state index contributed by atoms with van der Waals surface area (Å²) < 4.78 is 15.2. The number of imidazole rings is 1. The normalized spacial score (nSPS) is 11.4. The largest absolute Gasteiger partial charge is 0.493 e. The van der Waals surface area contributed by atoms with Gasteiger partial charge in [0.1, 0.15) is 17.3 Å². The molecule has 9 heteroatoms. The quantitative estimate of drug-likeness (QED) is 0.183. The second-order valence-corrected chi connectivity index (χ2v) is 8.28. The molecule has 0 bridgehead atoms. The number of furan rings is 1. The minimum atomic E-state index is -0.446. The van der Waals surface area contributed by atoms with E-state index in [1.807, 2.05) is 71.4 Å². The third kappa shape index (κ3) is 5.13. The van der Waals surface area contributed by atoms with Crippen molar-refractivity contribution in [1.29, 1.82) is 5.26 Å². The molecule has 1 N–H and O–H groups in total. The fourth-order valence-corrected chi connectivity index (χ4v) is 3.99. The number of carbonyl (C=O) groups is 1. The monoisotopic (exact) mass is 492 g/mol. The Labute approximate surface area is 213 Å². The van der Waals surface area contributed by atoms with Crippen LogP contribution < -0.4 is 10.1 Å². The molecule has 0 fully saturated rings. The number of nitriles is 1. The minimum Gasteiger partial charge on any atom is -0.493 e. The fraction of sp³-hybridized carbons (Fsp3) is 0.143. The van der Waals surface area contributed by atoms with Gasteiger partial charge in [0.05, 0.1) is 19.1 Å². The van der Waals surface area contributed by atoms with Crippen LogP contribution in [0.15, 0.2) is 89.5 Å². The van der Waals surface area contributed by atoms with Crippen LogP contribution in [0, 0.1) is 11.3 Å². The summed E-state index contributed by atoms with van der Waals surface area (Å²) in [6, 6.07) is 19.1. The highest BCUT2D eigenvalue weighted by Gasteiger charge is 2.19. The second-order valence-electron chi connectivity index (χ2n) is 8.28. The van der Waals surface area contributed by atoms with Gasteiger partial charge in [-0.05, 0) is 36.8 Å². The Morgan fingerprint density at radius 3 is 2.84 bits per heavy atom. The molecule has 184 valence electrons. The average Bonchev–Trinajstić information content (AvgIpc) is 3.69. The van der Waals surface area contributed by atoms with Gasteiger partial charge in [0.15, 0.2) is 17.1 Å². The molecule has 37 heavy (non-hydrogen) atoms. The number of aromatic nitrogens is 4. The van der Waals surface area contributed by atoms with Crippen LogP contribution in [0.1, 0.15) is 12.0 Å². The highest BCUT2D eigenvalue weighted by atomic mass is 16.5. The van der Waals surface area contributed by atoms with Crippen LogP contribution in [0.3, 0.4) is 0 Å². The summed E-state index contributed by atoms with van der Waals surface area (Å²) >= 11 is 0. The average molecular weight is 493 g/mol. The number of nitrogens with zero attached hydrogens (tertiary/aromatic N) is 5. The molecule has 0 saturated carbocycles. The van der Waals surface area contributed by atoms with Gasteiger partial charge in [0, 0.05) is 42.6 Å². The zero-order valence-corrected chi connectivity index (χ0v) is 20.2. The van der Waals surface area contributed by atoms with Crippen LogP contribution in [0.2, 0.25) is 0 Å². The summed E-state index contributed by atoms with van der Waals surface area (Å²) in [5, 5.41) is 18.2. The Morgan fingerprint density at radius 1 is 1.22 bits per heavy atom. The maximum absolute atomic E-state index is 12.8. The number of hydrogen-bond donors (Lipinski definition) is 1. The zero-order chi connectivity index (χ0) is 25.6. The summed E-state index contributed by atoms with van der Waals surface area (Å²) in [6.45, 7) is 1.14. The van der Waals surface area contributed by atoms with Crippen LogP contribution in [0.4, 0.5) is 0 Å². The van der Waals surface area contributed by atoms with Crippen molar-refractivity contribution >= 4 is 23.0 Å². The predicted molar refractivity (Wildman–Crippen MR) is 139 cm³/mol. The first kappa shape index (κ1) is 23.6. The Morgan fingerprint density at radius 2 is 2.08 bits per heavy atom. The molecule has 0 unspecified atom stereocenters. The summed E-state index contributed by atoms with van der Waals surface area (Å²) in [5.74, 6) is 0.660. The van der Waals surface area contributed by atoms with E-state index in [1.54, 1.807) is 30.5 Å². The molecule has 0 aliphatic carbocycles.